The summed E-state index contributed by atoms with van der Waals surface area (Å²) in [6.07, 6.45) is 0.871. The molecule has 0 spiro atoms. The highest BCUT2D eigenvalue weighted by Gasteiger charge is 2.27. The van der Waals surface area contributed by atoms with Crippen LogP contribution >= 0.6 is 0 Å². The number of carbonyl (C=O) groups is 2. The topological polar surface area (TPSA) is 77.8 Å². The molecule has 1 fully saturated rings. The van der Waals surface area contributed by atoms with Crippen molar-refractivity contribution in [3.05, 3.63) is 29.6 Å². The number of hydrogen-bond donors (Lipinski definition) is 2. The maximum absolute atomic E-state index is 13.6. The van der Waals surface area contributed by atoms with Crippen LogP contribution in [-0.4, -0.2) is 35.2 Å². The highest BCUT2D eigenvalue weighted by Crippen LogP contribution is 2.28. The second kappa shape index (κ2) is 5.26. The first-order valence-corrected chi connectivity index (χ1v) is 6.00. The normalized spacial score (nSPS) is 16.4. The van der Waals surface area contributed by atoms with E-state index in [2.05, 4.69) is 0 Å². The van der Waals surface area contributed by atoms with E-state index in [0.717, 1.165) is 6.07 Å². The molecule has 1 aromatic rings. The lowest BCUT2D eigenvalue weighted by Gasteiger charge is -2.32. The van der Waals surface area contributed by atoms with Crippen molar-refractivity contribution >= 4 is 17.6 Å². The molecule has 0 atom stereocenters. The van der Waals surface area contributed by atoms with Crippen LogP contribution in [0.2, 0.25) is 0 Å². The molecule has 1 aromatic carbocycles. The molecule has 0 bridgehead atoms. The van der Waals surface area contributed by atoms with Crippen molar-refractivity contribution in [1.82, 2.24) is 0 Å². The van der Waals surface area contributed by atoms with Gasteiger partial charge in [0.1, 0.15) is 11.4 Å². The Hall–Kier alpha value is -2.11. The number of nitrogens with zero attached hydrogens (tertiary/aromatic N) is 1. The number of hydrogen-bond acceptors (Lipinski definition) is 3. The molecule has 1 saturated heterocycles. The predicted octanol–water partition coefficient (Wildman–Crippen LogP) is 1.82. The maximum atomic E-state index is 13.6. The van der Waals surface area contributed by atoms with Crippen LogP contribution in [0.4, 0.5) is 10.1 Å². The fourth-order valence-electron chi connectivity index (χ4n) is 2.36. The smallest absolute Gasteiger partial charge is 0.340 e. The number of rotatable bonds is 3. The summed E-state index contributed by atoms with van der Waals surface area (Å²) in [5.41, 5.74) is -0.0346. The Bertz CT molecular complexity index is 509. The van der Waals surface area contributed by atoms with E-state index in [4.69, 9.17) is 10.2 Å². The Morgan fingerprint density at radius 3 is 2.37 bits per heavy atom. The van der Waals surface area contributed by atoms with Crippen molar-refractivity contribution in [1.29, 1.82) is 0 Å². The van der Waals surface area contributed by atoms with Crippen molar-refractivity contribution in [2.24, 2.45) is 5.92 Å². The highest BCUT2D eigenvalue weighted by atomic mass is 19.1. The van der Waals surface area contributed by atoms with Crippen molar-refractivity contribution < 1.29 is 24.2 Å². The number of benzene rings is 1. The number of carboxylic acids is 2. The van der Waals surface area contributed by atoms with Crippen molar-refractivity contribution in [3.8, 4) is 0 Å². The Labute approximate surface area is 109 Å². The average molecular weight is 267 g/mol. The largest absolute Gasteiger partial charge is 0.481 e. The van der Waals surface area contributed by atoms with Gasteiger partial charge in [0, 0.05) is 13.1 Å². The lowest BCUT2D eigenvalue weighted by molar-refractivity contribution is -0.142. The van der Waals surface area contributed by atoms with Gasteiger partial charge in [0.05, 0.1) is 11.6 Å². The minimum Gasteiger partial charge on any atom is -0.481 e. The van der Waals surface area contributed by atoms with E-state index in [1.807, 2.05) is 0 Å². The van der Waals surface area contributed by atoms with Crippen LogP contribution in [-0.2, 0) is 4.79 Å². The summed E-state index contributed by atoms with van der Waals surface area (Å²) in [6, 6.07) is 4.12. The Morgan fingerprint density at radius 2 is 1.84 bits per heavy atom. The van der Waals surface area contributed by atoms with Gasteiger partial charge in [-0.1, -0.05) is 6.07 Å². The molecule has 1 aliphatic rings. The SMILES string of the molecule is O=C(O)c1c(F)cccc1N1CCC(C(=O)O)CC1. The molecule has 0 saturated carbocycles. The average Bonchev–Trinajstić information content (AvgIpc) is 2.38. The third-order valence-electron chi connectivity index (χ3n) is 3.39. The van der Waals surface area contributed by atoms with Crippen LogP contribution < -0.4 is 4.90 Å². The molecule has 0 aliphatic carbocycles. The summed E-state index contributed by atoms with van der Waals surface area (Å²) < 4.78 is 13.6. The first-order chi connectivity index (χ1) is 9.00. The zero-order valence-electron chi connectivity index (χ0n) is 10.2. The molecule has 1 aliphatic heterocycles. The van der Waals surface area contributed by atoms with Gasteiger partial charge in [-0.2, -0.15) is 0 Å². The van der Waals surface area contributed by atoms with E-state index >= 15 is 0 Å². The molecule has 19 heavy (non-hydrogen) atoms. The number of carboxylic acid groups (broad SMARTS) is 2. The van der Waals surface area contributed by atoms with Gasteiger partial charge in [0.15, 0.2) is 0 Å². The lowest BCUT2D eigenvalue weighted by Crippen LogP contribution is -2.37. The lowest BCUT2D eigenvalue weighted by atomic mass is 9.96. The first kappa shape index (κ1) is 13.3. The molecule has 0 radical (unpaired) electrons. The summed E-state index contributed by atoms with van der Waals surface area (Å²) in [6.45, 7) is 0.835. The van der Waals surface area contributed by atoms with Gasteiger partial charge in [-0.3, -0.25) is 4.79 Å². The van der Waals surface area contributed by atoms with Gasteiger partial charge in [0.2, 0.25) is 0 Å². The molecule has 2 N–H and O–H groups in total. The molecule has 5 nitrogen and oxygen atoms in total. The minimum atomic E-state index is -1.31. The Morgan fingerprint density at radius 1 is 1.21 bits per heavy atom. The van der Waals surface area contributed by atoms with E-state index in [-0.39, 0.29) is 5.56 Å². The molecule has 0 aromatic heterocycles. The number of aliphatic carboxylic acids is 1. The number of anilines is 1. The summed E-state index contributed by atoms with van der Waals surface area (Å²) >= 11 is 0. The first-order valence-electron chi connectivity index (χ1n) is 6.00. The zero-order valence-corrected chi connectivity index (χ0v) is 10.2. The van der Waals surface area contributed by atoms with E-state index in [1.54, 1.807) is 11.0 Å². The Kier molecular flexibility index (Phi) is 3.69. The van der Waals surface area contributed by atoms with Gasteiger partial charge in [-0.15, -0.1) is 0 Å². The fraction of sp³-hybridized carbons (Fsp3) is 0.385. The van der Waals surface area contributed by atoms with Crippen molar-refractivity contribution in [3.63, 3.8) is 0 Å². The molecule has 6 heteroatoms. The van der Waals surface area contributed by atoms with E-state index < -0.39 is 23.7 Å². The standard InChI is InChI=1S/C13H14FNO4/c14-9-2-1-3-10(11(9)13(18)19)15-6-4-8(5-7-15)12(16)17/h1-3,8H,4-7H2,(H,16,17)(H,18,19). The molecule has 0 amide bonds. The number of piperidine rings is 1. The molecule has 1 heterocycles. The fourth-order valence-corrected chi connectivity index (χ4v) is 2.36. The molecule has 0 unspecified atom stereocenters. The number of halogens is 1. The van der Waals surface area contributed by atoms with Gasteiger partial charge >= 0.3 is 11.9 Å². The van der Waals surface area contributed by atoms with Crippen LogP contribution in [0, 0.1) is 11.7 Å². The van der Waals surface area contributed by atoms with E-state index in [1.165, 1.54) is 6.07 Å². The summed E-state index contributed by atoms with van der Waals surface area (Å²) in [7, 11) is 0. The summed E-state index contributed by atoms with van der Waals surface area (Å²) in [5.74, 6) is -3.32. The van der Waals surface area contributed by atoms with Crippen LogP contribution in [0.1, 0.15) is 23.2 Å². The third-order valence-corrected chi connectivity index (χ3v) is 3.39. The quantitative estimate of drug-likeness (QED) is 0.873. The van der Waals surface area contributed by atoms with E-state index in [0.29, 0.717) is 31.6 Å². The van der Waals surface area contributed by atoms with Crippen LogP contribution in [0.15, 0.2) is 18.2 Å². The van der Waals surface area contributed by atoms with Gasteiger partial charge < -0.3 is 15.1 Å². The molecule has 102 valence electrons. The van der Waals surface area contributed by atoms with E-state index in [9.17, 15) is 14.0 Å². The van der Waals surface area contributed by atoms with Gasteiger partial charge in [0.25, 0.3) is 0 Å². The molecule has 2 rings (SSSR count). The maximum Gasteiger partial charge on any atom is 0.340 e. The molecular formula is C13H14FNO4. The van der Waals surface area contributed by atoms with Crippen molar-refractivity contribution in [2.75, 3.05) is 18.0 Å². The second-order valence-corrected chi connectivity index (χ2v) is 4.54. The van der Waals surface area contributed by atoms with Crippen LogP contribution in [0.5, 0.6) is 0 Å². The minimum absolute atomic E-state index is 0.316. The monoisotopic (exact) mass is 267 g/mol. The van der Waals surface area contributed by atoms with Crippen LogP contribution in [0.3, 0.4) is 0 Å². The van der Waals surface area contributed by atoms with Crippen LogP contribution in [0.25, 0.3) is 0 Å². The Balaban J connectivity index is 2.22. The van der Waals surface area contributed by atoms with Gasteiger partial charge in [-0.05, 0) is 25.0 Å². The summed E-state index contributed by atoms with van der Waals surface area (Å²) in [5, 5.41) is 18.0. The number of aromatic carboxylic acids is 1. The third kappa shape index (κ3) is 2.67. The van der Waals surface area contributed by atoms with Crippen molar-refractivity contribution in [2.45, 2.75) is 12.8 Å². The highest BCUT2D eigenvalue weighted by molar-refractivity contribution is 5.94. The van der Waals surface area contributed by atoms with Gasteiger partial charge in [-0.25, -0.2) is 9.18 Å². The predicted molar refractivity (Wildman–Crippen MR) is 65.9 cm³/mol. The zero-order chi connectivity index (χ0) is 14.0. The second-order valence-electron chi connectivity index (χ2n) is 4.54. The molecular weight excluding hydrogens is 253 g/mol. The summed E-state index contributed by atoms with van der Waals surface area (Å²) in [4.78, 5) is 23.7.